The van der Waals surface area contributed by atoms with E-state index in [1.54, 1.807) is 36.7 Å². The summed E-state index contributed by atoms with van der Waals surface area (Å²) in [5, 5.41) is 4.79. The minimum Gasteiger partial charge on any atom is -0.399 e. The quantitative estimate of drug-likeness (QED) is 0.401. The van der Waals surface area contributed by atoms with Gasteiger partial charge >= 0.3 is 0 Å². The van der Waals surface area contributed by atoms with Crippen LogP contribution in [0.5, 0.6) is 0 Å². The highest BCUT2D eigenvalue weighted by Gasteiger charge is 2.32. The predicted molar refractivity (Wildman–Crippen MR) is 138 cm³/mol. The van der Waals surface area contributed by atoms with Crippen LogP contribution in [-0.4, -0.2) is 46.4 Å². The van der Waals surface area contributed by atoms with Crippen LogP contribution in [0.1, 0.15) is 60.0 Å². The number of sulfonamides is 1. The third-order valence-corrected chi connectivity index (χ3v) is 8.38. The summed E-state index contributed by atoms with van der Waals surface area (Å²) in [6, 6.07) is 10.1. The number of aryl methyl sites for hydroxylation is 2. The van der Waals surface area contributed by atoms with Crippen LogP contribution >= 0.6 is 0 Å². The molecule has 0 atom stereocenters. The molecular weight excluding hydrogens is 478 g/mol. The van der Waals surface area contributed by atoms with Crippen molar-refractivity contribution in [1.82, 2.24) is 19.0 Å². The molecule has 4 heterocycles. The van der Waals surface area contributed by atoms with Gasteiger partial charge in [0.2, 0.25) is 10.0 Å². The summed E-state index contributed by atoms with van der Waals surface area (Å²) in [5.41, 5.74) is 8.74. The number of hydrogen-bond acceptors (Lipinski definition) is 7. The summed E-state index contributed by atoms with van der Waals surface area (Å²) >= 11 is 0. The fraction of sp³-hybridized carbons (Fsp3) is 0.346. The van der Waals surface area contributed by atoms with E-state index in [1.165, 1.54) is 16.4 Å². The number of carbonyl (C=O) groups is 1. The fourth-order valence-electron chi connectivity index (χ4n) is 4.67. The first-order valence-electron chi connectivity index (χ1n) is 12.1. The molecule has 1 fully saturated rings. The van der Waals surface area contributed by atoms with Gasteiger partial charge in [0.05, 0.1) is 10.6 Å². The van der Waals surface area contributed by atoms with Gasteiger partial charge in [0.25, 0.3) is 5.91 Å². The van der Waals surface area contributed by atoms with E-state index in [-0.39, 0.29) is 16.7 Å². The maximum Gasteiger partial charge on any atom is 0.269 e. The van der Waals surface area contributed by atoms with Crippen molar-refractivity contribution in [2.75, 3.05) is 18.8 Å². The Morgan fingerprint density at radius 1 is 1.08 bits per heavy atom. The Morgan fingerprint density at radius 3 is 2.36 bits per heavy atom. The normalized spacial score (nSPS) is 15.0. The summed E-state index contributed by atoms with van der Waals surface area (Å²) in [6.07, 6.45) is 4.77. The van der Waals surface area contributed by atoms with E-state index in [4.69, 9.17) is 10.3 Å². The van der Waals surface area contributed by atoms with Crippen molar-refractivity contribution in [1.29, 1.82) is 0 Å². The first-order chi connectivity index (χ1) is 17.3. The van der Waals surface area contributed by atoms with Crippen LogP contribution in [0.2, 0.25) is 0 Å². The molecule has 9 nitrogen and oxygen atoms in total. The Kier molecular flexibility index (Phi) is 7.28. The van der Waals surface area contributed by atoms with Crippen molar-refractivity contribution in [2.45, 2.75) is 51.3 Å². The molecule has 1 saturated heterocycles. The molecule has 1 aromatic carbocycles. The Labute approximate surface area is 211 Å². The molecule has 0 aliphatic carbocycles. The van der Waals surface area contributed by atoms with Gasteiger partial charge in [0.1, 0.15) is 17.0 Å². The minimum atomic E-state index is -3.59. The van der Waals surface area contributed by atoms with Crippen LogP contribution in [0, 0.1) is 13.8 Å². The van der Waals surface area contributed by atoms with E-state index in [9.17, 15) is 13.2 Å². The summed E-state index contributed by atoms with van der Waals surface area (Å²) in [6.45, 7) is 8.23. The van der Waals surface area contributed by atoms with Crippen LogP contribution in [-0.2, 0) is 10.0 Å². The number of benzene rings is 1. The van der Waals surface area contributed by atoms with Crippen LogP contribution in [0.25, 0.3) is 11.0 Å². The van der Waals surface area contributed by atoms with Gasteiger partial charge in [-0.1, -0.05) is 19.0 Å². The summed E-state index contributed by atoms with van der Waals surface area (Å²) in [7, 11) is -3.59. The van der Waals surface area contributed by atoms with Gasteiger partial charge in [-0.15, -0.1) is 0 Å². The highest BCUT2D eigenvalue weighted by atomic mass is 32.2. The number of nitrogens with zero attached hydrogens (tertiary/aromatic N) is 4. The van der Waals surface area contributed by atoms with Gasteiger partial charge in [0.15, 0.2) is 0 Å². The van der Waals surface area contributed by atoms with Crippen LogP contribution in [0.3, 0.4) is 0 Å². The van der Waals surface area contributed by atoms with Gasteiger partial charge in [-0.2, -0.15) is 4.31 Å². The summed E-state index contributed by atoms with van der Waals surface area (Å²) in [5.74, 6) is 0.320. The molecule has 1 aliphatic heterocycles. The third kappa shape index (κ3) is 4.54. The SMILES string of the molecule is CC.Cc1noc(C)c1C(=O)n1cc(C2CCN(S(=O)(=O)c3ccc(N)cc3)CC2)c2cccnc21. The number of fused-ring (bicyclic) bond motifs is 1. The average molecular weight is 510 g/mol. The molecule has 5 rings (SSSR count). The minimum absolute atomic E-state index is 0.100. The maximum absolute atomic E-state index is 13.4. The molecule has 0 spiro atoms. The smallest absolute Gasteiger partial charge is 0.269 e. The lowest BCUT2D eigenvalue weighted by molar-refractivity contribution is 0.0962. The van der Waals surface area contributed by atoms with Crippen LogP contribution in [0.4, 0.5) is 5.69 Å². The lowest BCUT2D eigenvalue weighted by Gasteiger charge is -2.31. The molecule has 0 bridgehead atoms. The van der Waals surface area contributed by atoms with Gasteiger partial charge in [-0.05, 0) is 74.6 Å². The number of nitrogen functional groups attached to an aromatic ring is 1. The van der Waals surface area contributed by atoms with E-state index in [2.05, 4.69) is 10.1 Å². The largest absolute Gasteiger partial charge is 0.399 e. The topological polar surface area (TPSA) is 124 Å². The molecule has 3 aromatic heterocycles. The highest BCUT2D eigenvalue weighted by molar-refractivity contribution is 7.89. The first-order valence-corrected chi connectivity index (χ1v) is 13.5. The average Bonchev–Trinajstić information content (AvgIpc) is 3.45. The lowest BCUT2D eigenvalue weighted by Crippen LogP contribution is -2.37. The zero-order valence-corrected chi connectivity index (χ0v) is 21.7. The fourth-order valence-corrected chi connectivity index (χ4v) is 6.14. The zero-order valence-electron chi connectivity index (χ0n) is 20.9. The second-order valence-electron chi connectivity index (χ2n) is 8.58. The number of nitrogens with two attached hydrogens (primary N) is 1. The monoisotopic (exact) mass is 509 g/mol. The molecule has 36 heavy (non-hydrogen) atoms. The Bertz CT molecular complexity index is 1460. The Balaban J connectivity index is 0.00000148. The van der Waals surface area contributed by atoms with Crippen molar-refractivity contribution >= 4 is 32.7 Å². The van der Waals surface area contributed by atoms with E-state index >= 15 is 0 Å². The number of pyridine rings is 1. The van der Waals surface area contributed by atoms with Crippen molar-refractivity contribution in [3.05, 3.63) is 71.4 Å². The second kappa shape index (κ2) is 10.2. The molecule has 0 radical (unpaired) electrons. The molecule has 1 aliphatic rings. The van der Waals surface area contributed by atoms with Crippen LogP contribution in [0.15, 0.2) is 58.2 Å². The number of rotatable bonds is 4. The van der Waals surface area contributed by atoms with E-state index in [0.717, 1.165) is 10.9 Å². The molecule has 0 saturated carbocycles. The van der Waals surface area contributed by atoms with Gasteiger partial charge in [-0.25, -0.2) is 13.4 Å². The molecule has 0 unspecified atom stereocenters. The number of hydrogen-bond donors (Lipinski definition) is 1. The zero-order chi connectivity index (χ0) is 26.0. The molecule has 2 N–H and O–H groups in total. The van der Waals surface area contributed by atoms with E-state index in [0.29, 0.717) is 54.3 Å². The molecule has 10 heteroatoms. The van der Waals surface area contributed by atoms with Gasteiger partial charge < -0.3 is 10.3 Å². The number of carbonyl (C=O) groups excluding carboxylic acids is 1. The third-order valence-electron chi connectivity index (χ3n) is 6.47. The standard InChI is InChI=1S/C24H25N5O4S.C2H6/c1-15-22(16(2)33-27-15)24(30)29-14-21(20-4-3-11-26-23(20)29)17-9-12-28(13-10-17)34(31,32)19-7-5-18(25)6-8-19;1-2/h3-8,11,14,17H,9-10,12-13,25H2,1-2H3;1-2H3. The first kappa shape index (κ1) is 25.6. The van der Waals surface area contributed by atoms with Crippen molar-refractivity contribution in [2.24, 2.45) is 0 Å². The molecule has 4 aromatic rings. The van der Waals surface area contributed by atoms with Crippen molar-refractivity contribution in [3.8, 4) is 0 Å². The Morgan fingerprint density at radius 2 is 1.75 bits per heavy atom. The van der Waals surface area contributed by atoms with Crippen molar-refractivity contribution in [3.63, 3.8) is 0 Å². The molecule has 190 valence electrons. The summed E-state index contributed by atoms with van der Waals surface area (Å²) in [4.78, 5) is 18.1. The van der Waals surface area contributed by atoms with E-state index < -0.39 is 10.0 Å². The second-order valence-corrected chi connectivity index (χ2v) is 10.5. The maximum atomic E-state index is 13.4. The number of aromatic nitrogens is 3. The number of anilines is 1. The van der Waals surface area contributed by atoms with Gasteiger partial charge in [-0.3, -0.25) is 9.36 Å². The summed E-state index contributed by atoms with van der Waals surface area (Å²) < 4.78 is 34.4. The van der Waals surface area contributed by atoms with Crippen molar-refractivity contribution < 1.29 is 17.7 Å². The van der Waals surface area contributed by atoms with Crippen LogP contribution < -0.4 is 5.73 Å². The Hall–Kier alpha value is -3.50. The molecular formula is C26H31N5O4S. The van der Waals surface area contributed by atoms with Gasteiger partial charge in [0, 0.05) is 36.6 Å². The lowest BCUT2D eigenvalue weighted by atomic mass is 9.90. The van der Waals surface area contributed by atoms with E-state index in [1.807, 2.05) is 32.2 Å². The highest BCUT2D eigenvalue weighted by Crippen LogP contribution is 2.36. The molecule has 0 amide bonds. The predicted octanol–water partition coefficient (Wildman–Crippen LogP) is 4.51. The number of piperidine rings is 1.